The smallest absolute Gasteiger partial charge is 0.0190 e. The summed E-state index contributed by atoms with van der Waals surface area (Å²) in [5.74, 6) is 0. The summed E-state index contributed by atoms with van der Waals surface area (Å²) < 4.78 is 0. The molecule has 0 saturated carbocycles. The lowest BCUT2D eigenvalue weighted by Gasteiger charge is -2.06. The van der Waals surface area contributed by atoms with Crippen LogP contribution in [0.15, 0.2) is 96.7 Å². The first-order valence-corrected chi connectivity index (χ1v) is 8.10. The molecule has 0 aliphatic heterocycles. The largest absolute Gasteiger partial charge is 0.0958 e. The van der Waals surface area contributed by atoms with E-state index in [0.717, 1.165) is 40.7 Å². The second kappa shape index (κ2) is 9.63. The first-order valence-electron chi connectivity index (χ1n) is 8.10. The highest BCUT2D eigenvalue weighted by Gasteiger charge is 1.99. The number of rotatable bonds is 8. The molecule has 0 spiro atoms. The van der Waals surface area contributed by atoms with Crippen molar-refractivity contribution in [2.24, 2.45) is 0 Å². The SMILES string of the molecule is C=C(C=CC(C=CC(=C)c1ccccc1)=C(C)C(=C)C)CCC. The summed E-state index contributed by atoms with van der Waals surface area (Å²) >= 11 is 0. The molecule has 1 rings (SSSR count). The minimum absolute atomic E-state index is 0.999. The molecule has 1 aromatic carbocycles. The Morgan fingerprint density at radius 2 is 1.52 bits per heavy atom. The van der Waals surface area contributed by atoms with E-state index >= 15 is 0 Å². The van der Waals surface area contributed by atoms with Crippen molar-refractivity contribution in [1.82, 2.24) is 0 Å². The van der Waals surface area contributed by atoms with Gasteiger partial charge in [-0.2, -0.15) is 0 Å². The van der Waals surface area contributed by atoms with Crippen molar-refractivity contribution in [2.75, 3.05) is 0 Å². The molecule has 0 heterocycles. The van der Waals surface area contributed by atoms with Gasteiger partial charge in [-0.3, -0.25) is 0 Å². The van der Waals surface area contributed by atoms with Crippen LogP contribution < -0.4 is 0 Å². The average Bonchev–Trinajstić information content (AvgIpc) is 2.55. The van der Waals surface area contributed by atoms with Gasteiger partial charge >= 0.3 is 0 Å². The van der Waals surface area contributed by atoms with E-state index < -0.39 is 0 Å². The molecular formula is C23H28. The lowest BCUT2D eigenvalue weighted by Crippen LogP contribution is -1.86. The van der Waals surface area contributed by atoms with E-state index in [4.69, 9.17) is 0 Å². The zero-order chi connectivity index (χ0) is 17.2. The summed E-state index contributed by atoms with van der Waals surface area (Å²) in [4.78, 5) is 0. The zero-order valence-electron chi connectivity index (χ0n) is 14.7. The van der Waals surface area contributed by atoms with Crippen molar-refractivity contribution in [3.63, 3.8) is 0 Å². The normalized spacial score (nSPS) is 12.5. The van der Waals surface area contributed by atoms with E-state index in [0.29, 0.717) is 0 Å². The van der Waals surface area contributed by atoms with Gasteiger partial charge in [0.05, 0.1) is 0 Å². The summed E-state index contributed by atoms with van der Waals surface area (Å²) in [6, 6.07) is 10.2. The lowest BCUT2D eigenvalue weighted by atomic mass is 10.00. The summed E-state index contributed by atoms with van der Waals surface area (Å²) in [5, 5.41) is 0. The van der Waals surface area contributed by atoms with E-state index in [2.05, 4.69) is 70.0 Å². The minimum atomic E-state index is 0.999. The lowest BCUT2D eigenvalue weighted by molar-refractivity contribution is 0.929. The molecule has 23 heavy (non-hydrogen) atoms. The molecule has 0 aromatic heterocycles. The third-order valence-corrected chi connectivity index (χ3v) is 3.75. The van der Waals surface area contributed by atoms with Gasteiger partial charge in [-0.1, -0.05) is 98.9 Å². The van der Waals surface area contributed by atoms with Crippen molar-refractivity contribution in [3.8, 4) is 0 Å². The molecular weight excluding hydrogens is 276 g/mol. The highest BCUT2D eigenvalue weighted by molar-refractivity contribution is 5.72. The van der Waals surface area contributed by atoms with Crippen LogP contribution in [0.5, 0.6) is 0 Å². The zero-order valence-corrected chi connectivity index (χ0v) is 14.7. The Hall–Kier alpha value is -2.34. The van der Waals surface area contributed by atoms with Crippen LogP contribution in [0.4, 0.5) is 0 Å². The van der Waals surface area contributed by atoms with Crippen LogP contribution in [0, 0.1) is 0 Å². The Morgan fingerprint density at radius 3 is 2.09 bits per heavy atom. The molecule has 120 valence electrons. The molecule has 0 N–H and O–H groups in total. The molecule has 0 fully saturated rings. The van der Waals surface area contributed by atoms with Crippen molar-refractivity contribution >= 4 is 5.57 Å². The van der Waals surface area contributed by atoms with Crippen LogP contribution in [0.3, 0.4) is 0 Å². The number of hydrogen-bond acceptors (Lipinski definition) is 0. The topological polar surface area (TPSA) is 0 Å². The molecule has 0 heteroatoms. The highest BCUT2D eigenvalue weighted by Crippen LogP contribution is 2.19. The van der Waals surface area contributed by atoms with Gasteiger partial charge in [-0.15, -0.1) is 0 Å². The van der Waals surface area contributed by atoms with Crippen molar-refractivity contribution in [1.29, 1.82) is 0 Å². The maximum absolute atomic E-state index is 4.15. The Labute approximate surface area is 141 Å². The summed E-state index contributed by atoms with van der Waals surface area (Å²) in [7, 11) is 0. The molecule has 0 aliphatic carbocycles. The fourth-order valence-electron chi connectivity index (χ4n) is 2.10. The van der Waals surface area contributed by atoms with Crippen LogP contribution in [-0.4, -0.2) is 0 Å². The van der Waals surface area contributed by atoms with Gasteiger partial charge in [-0.25, -0.2) is 0 Å². The second-order valence-corrected chi connectivity index (χ2v) is 5.83. The van der Waals surface area contributed by atoms with Gasteiger partial charge in [-0.05, 0) is 42.6 Å². The Kier molecular flexibility index (Phi) is 7.83. The quantitative estimate of drug-likeness (QED) is 0.451. The van der Waals surface area contributed by atoms with Gasteiger partial charge in [0.2, 0.25) is 0 Å². The van der Waals surface area contributed by atoms with Crippen LogP contribution in [-0.2, 0) is 0 Å². The maximum atomic E-state index is 4.15. The van der Waals surface area contributed by atoms with E-state index in [9.17, 15) is 0 Å². The molecule has 0 saturated heterocycles. The summed E-state index contributed by atoms with van der Waals surface area (Å²) in [5.41, 5.74) is 6.68. The number of hydrogen-bond donors (Lipinski definition) is 0. The minimum Gasteiger partial charge on any atom is -0.0958 e. The standard InChI is InChI=1S/C23H28/c1-7-11-19(4)14-16-23(21(6)18(2)3)17-15-20(5)22-12-9-8-10-13-22/h8-10,12-17H,2,4-5,7,11H2,1,3,6H3. The van der Waals surface area contributed by atoms with Gasteiger partial charge in [0.25, 0.3) is 0 Å². The maximum Gasteiger partial charge on any atom is -0.0190 e. The third-order valence-electron chi connectivity index (χ3n) is 3.75. The summed E-state index contributed by atoms with van der Waals surface area (Å²) in [6.07, 6.45) is 10.5. The summed E-state index contributed by atoms with van der Waals surface area (Å²) in [6.45, 7) is 18.6. The average molecular weight is 304 g/mol. The Bertz CT molecular complexity index is 649. The van der Waals surface area contributed by atoms with Crippen LogP contribution in [0.1, 0.15) is 39.2 Å². The fourth-order valence-corrected chi connectivity index (χ4v) is 2.10. The van der Waals surface area contributed by atoms with Crippen LogP contribution in [0.25, 0.3) is 5.57 Å². The molecule has 1 aromatic rings. The highest BCUT2D eigenvalue weighted by atomic mass is 14.0. The van der Waals surface area contributed by atoms with Gasteiger partial charge in [0, 0.05) is 0 Å². The van der Waals surface area contributed by atoms with E-state index in [1.54, 1.807) is 0 Å². The van der Waals surface area contributed by atoms with Crippen molar-refractivity contribution < 1.29 is 0 Å². The Balaban J connectivity index is 3.01. The van der Waals surface area contributed by atoms with Gasteiger partial charge in [0.15, 0.2) is 0 Å². The van der Waals surface area contributed by atoms with Crippen LogP contribution >= 0.6 is 0 Å². The first kappa shape index (κ1) is 18.7. The first-order chi connectivity index (χ1) is 11.0. The second-order valence-electron chi connectivity index (χ2n) is 5.83. The van der Waals surface area contributed by atoms with E-state index in [1.807, 2.05) is 25.1 Å². The van der Waals surface area contributed by atoms with Gasteiger partial charge < -0.3 is 0 Å². The van der Waals surface area contributed by atoms with Crippen molar-refractivity contribution in [3.05, 3.63) is 102 Å². The predicted molar refractivity (Wildman–Crippen MR) is 105 cm³/mol. The fraction of sp³-hybridized carbons (Fsp3) is 0.217. The Morgan fingerprint density at radius 1 is 0.913 bits per heavy atom. The molecule has 0 bridgehead atoms. The number of benzene rings is 1. The van der Waals surface area contributed by atoms with E-state index in [-0.39, 0.29) is 0 Å². The monoisotopic (exact) mass is 304 g/mol. The molecule has 0 nitrogen and oxygen atoms in total. The molecule has 0 amide bonds. The van der Waals surface area contributed by atoms with Gasteiger partial charge in [0.1, 0.15) is 0 Å². The molecule has 0 unspecified atom stereocenters. The van der Waals surface area contributed by atoms with E-state index in [1.165, 1.54) is 5.57 Å². The van der Waals surface area contributed by atoms with Crippen LogP contribution in [0.2, 0.25) is 0 Å². The molecule has 0 atom stereocenters. The molecule has 0 radical (unpaired) electrons. The molecule has 0 aliphatic rings. The number of allylic oxidation sites excluding steroid dienone is 9. The van der Waals surface area contributed by atoms with Crippen molar-refractivity contribution in [2.45, 2.75) is 33.6 Å². The third kappa shape index (κ3) is 6.52. The predicted octanol–water partition coefficient (Wildman–Crippen LogP) is 7.06.